The van der Waals surface area contributed by atoms with Gasteiger partial charge in [0.05, 0.1) is 18.8 Å². The first-order valence-corrected chi connectivity index (χ1v) is 9.03. The van der Waals surface area contributed by atoms with Crippen molar-refractivity contribution in [3.8, 4) is 0 Å². The van der Waals surface area contributed by atoms with Gasteiger partial charge in [-0.15, -0.1) is 0 Å². The summed E-state index contributed by atoms with van der Waals surface area (Å²) in [5.74, 6) is -2.17. The van der Waals surface area contributed by atoms with E-state index in [0.29, 0.717) is 24.3 Å². The van der Waals surface area contributed by atoms with Gasteiger partial charge < -0.3 is 15.7 Å². The van der Waals surface area contributed by atoms with Crippen LogP contribution in [0.5, 0.6) is 0 Å². The Hall–Kier alpha value is -2.73. The maximum atomic E-state index is 12.1. The van der Waals surface area contributed by atoms with Gasteiger partial charge in [-0.25, -0.2) is 9.78 Å². The predicted molar refractivity (Wildman–Crippen MR) is 94.0 cm³/mol. The molecule has 12 heteroatoms. The molecule has 3 heterocycles. The summed E-state index contributed by atoms with van der Waals surface area (Å²) in [5, 5.41) is 16.8. The fraction of sp³-hybridized carbons (Fsp3) is 0.375. The Morgan fingerprint density at radius 2 is 2.11 bits per heavy atom. The number of aliphatic carboxylic acids is 1. The summed E-state index contributed by atoms with van der Waals surface area (Å²) >= 11 is 1.47. The summed E-state index contributed by atoms with van der Waals surface area (Å²) in [5.41, 5.74) is 1.18. The lowest BCUT2D eigenvalue weighted by molar-refractivity contribution is -0.192. The van der Waals surface area contributed by atoms with Crippen LogP contribution in [0.3, 0.4) is 0 Å². The summed E-state index contributed by atoms with van der Waals surface area (Å²) in [6, 6.07) is 3.27. The van der Waals surface area contributed by atoms with Crippen molar-refractivity contribution in [2.45, 2.75) is 32.2 Å². The number of alkyl halides is 3. The van der Waals surface area contributed by atoms with E-state index < -0.39 is 12.1 Å². The quantitative estimate of drug-likeness (QED) is 0.694. The topological polar surface area (TPSA) is 113 Å². The number of aromatic nitrogens is 2. The summed E-state index contributed by atoms with van der Waals surface area (Å²) in [7, 11) is 0. The minimum absolute atomic E-state index is 0.0523. The lowest BCUT2D eigenvalue weighted by Gasteiger charge is -2.10. The number of halogens is 3. The number of rotatable bonds is 3. The second kappa shape index (κ2) is 9.46. The van der Waals surface area contributed by atoms with Gasteiger partial charge in [-0.1, -0.05) is 0 Å². The molecule has 2 aromatic heterocycles. The lowest BCUT2D eigenvalue weighted by Crippen LogP contribution is -2.29. The van der Waals surface area contributed by atoms with E-state index in [2.05, 4.69) is 15.6 Å². The second-order valence-electron chi connectivity index (χ2n) is 5.68. The molecule has 3 N–H and O–H groups in total. The van der Waals surface area contributed by atoms with Crippen LogP contribution >= 0.6 is 11.3 Å². The van der Waals surface area contributed by atoms with Gasteiger partial charge in [-0.3, -0.25) is 14.2 Å². The van der Waals surface area contributed by atoms with E-state index in [4.69, 9.17) is 9.90 Å². The Bertz CT molecular complexity index is 881. The molecule has 152 valence electrons. The van der Waals surface area contributed by atoms with Crippen molar-refractivity contribution < 1.29 is 27.9 Å². The predicted octanol–water partition coefficient (Wildman–Crippen LogP) is 1.36. The molecule has 1 aliphatic heterocycles. The van der Waals surface area contributed by atoms with E-state index in [1.165, 1.54) is 17.4 Å². The van der Waals surface area contributed by atoms with Crippen LogP contribution in [-0.4, -0.2) is 39.3 Å². The largest absolute Gasteiger partial charge is 0.490 e. The summed E-state index contributed by atoms with van der Waals surface area (Å²) < 4.78 is 33.4. The fourth-order valence-corrected chi connectivity index (χ4v) is 2.94. The molecule has 0 saturated heterocycles. The van der Waals surface area contributed by atoms with Crippen molar-refractivity contribution in [2.24, 2.45) is 0 Å². The van der Waals surface area contributed by atoms with Gasteiger partial charge in [-0.2, -0.15) is 24.5 Å². The monoisotopic (exact) mass is 418 g/mol. The lowest BCUT2D eigenvalue weighted by atomic mass is 10.3. The molecule has 1 aliphatic rings. The molecule has 0 aromatic carbocycles. The molecular formula is C16H17F3N4O4S. The van der Waals surface area contributed by atoms with Gasteiger partial charge in [0.1, 0.15) is 5.82 Å². The van der Waals surface area contributed by atoms with Crippen molar-refractivity contribution in [2.75, 3.05) is 6.54 Å². The van der Waals surface area contributed by atoms with Gasteiger partial charge in [0.2, 0.25) is 0 Å². The number of carbonyl (C=O) groups is 2. The highest BCUT2D eigenvalue weighted by atomic mass is 32.1. The average Bonchev–Trinajstić information content (AvgIpc) is 3.05. The number of carboxylic acid groups (broad SMARTS) is 1. The zero-order valence-corrected chi connectivity index (χ0v) is 15.3. The number of hydrogen-bond donors (Lipinski definition) is 3. The molecular weight excluding hydrogens is 401 g/mol. The number of carbonyl (C=O) groups excluding carboxylic acids is 1. The SMILES string of the molecule is O=C(NCc1cc(=O)n2c(n1)CNCCC2)c1ccsc1.O=C(O)C(F)(F)F. The number of carboxylic acids is 1. The smallest absolute Gasteiger partial charge is 0.475 e. The van der Waals surface area contributed by atoms with Gasteiger partial charge >= 0.3 is 12.1 Å². The molecule has 0 radical (unpaired) electrons. The van der Waals surface area contributed by atoms with Gasteiger partial charge in [0, 0.05) is 23.6 Å². The molecule has 0 saturated carbocycles. The number of thiophene rings is 1. The first-order valence-electron chi connectivity index (χ1n) is 8.09. The molecule has 0 bridgehead atoms. The Morgan fingerprint density at radius 3 is 2.71 bits per heavy atom. The van der Waals surface area contributed by atoms with E-state index in [9.17, 15) is 22.8 Å². The molecule has 28 heavy (non-hydrogen) atoms. The van der Waals surface area contributed by atoms with E-state index in [1.54, 1.807) is 16.0 Å². The van der Waals surface area contributed by atoms with Crippen LogP contribution in [0, 0.1) is 0 Å². The zero-order valence-electron chi connectivity index (χ0n) is 14.5. The first kappa shape index (κ1) is 21.6. The highest BCUT2D eigenvalue weighted by molar-refractivity contribution is 7.08. The summed E-state index contributed by atoms with van der Waals surface area (Å²) in [6.07, 6.45) is -4.16. The molecule has 0 aliphatic carbocycles. The molecule has 2 aromatic rings. The highest BCUT2D eigenvalue weighted by Crippen LogP contribution is 2.13. The minimum atomic E-state index is -5.08. The fourth-order valence-electron chi connectivity index (χ4n) is 2.30. The number of nitrogens with one attached hydrogen (secondary N) is 2. The van der Waals surface area contributed by atoms with E-state index in [-0.39, 0.29) is 18.0 Å². The number of amides is 1. The van der Waals surface area contributed by atoms with Crippen molar-refractivity contribution in [1.29, 1.82) is 0 Å². The van der Waals surface area contributed by atoms with Crippen LogP contribution < -0.4 is 16.2 Å². The maximum absolute atomic E-state index is 12.1. The van der Waals surface area contributed by atoms with Gasteiger partial charge in [0.15, 0.2) is 0 Å². The molecule has 0 unspecified atom stereocenters. The maximum Gasteiger partial charge on any atom is 0.490 e. The van der Waals surface area contributed by atoms with E-state index in [1.807, 2.05) is 5.38 Å². The Morgan fingerprint density at radius 1 is 1.39 bits per heavy atom. The van der Waals surface area contributed by atoms with Crippen molar-refractivity contribution in [3.63, 3.8) is 0 Å². The van der Waals surface area contributed by atoms with Crippen LogP contribution in [0.15, 0.2) is 27.7 Å². The van der Waals surface area contributed by atoms with Crippen LogP contribution in [0.2, 0.25) is 0 Å². The molecule has 3 rings (SSSR count). The average molecular weight is 418 g/mol. The van der Waals surface area contributed by atoms with Gasteiger partial charge in [0.25, 0.3) is 11.5 Å². The first-order chi connectivity index (χ1) is 13.2. The molecule has 8 nitrogen and oxygen atoms in total. The zero-order chi connectivity index (χ0) is 20.7. The second-order valence-corrected chi connectivity index (χ2v) is 6.46. The van der Waals surface area contributed by atoms with E-state index >= 15 is 0 Å². The number of nitrogens with zero attached hydrogens (tertiary/aromatic N) is 2. The normalized spacial score (nSPS) is 13.5. The molecule has 0 spiro atoms. The molecule has 1 amide bonds. The van der Waals surface area contributed by atoms with Crippen LogP contribution in [0.4, 0.5) is 13.2 Å². The minimum Gasteiger partial charge on any atom is -0.475 e. The van der Waals surface area contributed by atoms with Crippen molar-refractivity contribution >= 4 is 23.2 Å². The Kier molecular flexibility index (Phi) is 7.29. The summed E-state index contributed by atoms with van der Waals surface area (Å²) in [6.45, 7) is 2.42. The highest BCUT2D eigenvalue weighted by Gasteiger charge is 2.38. The third-order valence-corrected chi connectivity index (χ3v) is 4.30. The van der Waals surface area contributed by atoms with Crippen LogP contribution in [-0.2, 0) is 24.4 Å². The summed E-state index contributed by atoms with van der Waals surface area (Å²) in [4.78, 5) is 37.3. The van der Waals surface area contributed by atoms with Gasteiger partial charge in [-0.05, 0) is 24.4 Å². The third-order valence-electron chi connectivity index (χ3n) is 3.61. The van der Waals surface area contributed by atoms with Crippen molar-refractivity contribution in [1.82, 2.24) is 20.2 Å². The number of fused-ring (bicyclic) bond motifs is 1. The third kappa shape index (κ3) is 6.16. The van der Waals surface area contributed by atoms with Crippen molar-refractivity contribution in [3.05, 3.63) is 50.3 Å². The van der Waals surface area contributed by atoms with E-state index in [0.717, 1.165) is 18.8 Å². The molecule has 0 fully saturated rings. The van der Waals surface area contributed by atoms with Crippen LogP contribution in [0.25, 0.3) is 0 Å². The molecule has 0 atom stereocenters. The Labute approximate surface area is 161 Å². The van der Waals surface area contributed by atoms with Crippen LogP contribution in [0.1, 0.15) is 28.3 Å². The standard InChI is InChI=1S/C14H16N4O2S.C2HF3O2/c19-13-6-11(7-16-14(20)10-2-5-21-9-10)17-12-8-15-3-1-4-18(12)13;3-2(4,5)1(6)7/h2,5-6,9,15H,1,3-4,7-8H2,(H,16,20);(H,6,7). The number of hydrogen-bond acceptors (Lipinski definition) is 6. The Balaban J connectivity index is 0.000000345.